The molecule has 13 heavy (non-hydrogen) atoms. The van der Waals surface area contributed by atoms with Crippen LogP contribution in [0.5, 0.6) is 0 Å². The number of ether oxygens (including phenoxy) is 2. The minimum Gasteiger partial charge on any atom is -0.371 e. The van der Waals surface area contributed by atoms with Gasteiger partial charge in [0, 0.05) is 12.7 Å². The molecule has 1 aliphatic heterocycles. The fourth-order valence-corrected chi connectivity index (χ4v) is 1.65. The summed E-state index contributed by atoms with van der Waals surface area (Å²) in [4.78, 5) is 11.7. The number of ketones is 1. The van der Waals surface area contributed by atoms with Crippen LogP contribution < -0.4 is 0 Å². The van der Waals surface area contributed by atoms with Gasteiger partial charge in [0.25, 0.3) is 0 Å². The maximum Gasteiger partial charge on any atom is 0.192 e. The van der Waals surface area contributed by atoms with Crippen LogP contribution in [0.4, 0.5) is 0 Å². The molecule has 0 amide bonds. The summed E-state index contributed by atoms with van der Waals surface area (Å²) in [6.45, 7) is 0.380. The van der Waals surface area contributed by atoms with Crippen LogP contribution in [0.1, 0.15) is 6.42 Å². The lowest BCUT2D eigenvalue weighted by Crippen LogP contribution is -2.41. The van der Waals surface area contributed by atoms with Gasteiger partial charge in [-0.2, -0.15) is 0 Å². The van der Waals surface area contributed by atoms with Crippen molar-refractivity contribution in [3.8, 4) is 0 Å². The molecule has 2 rings (SSSR count). The van der Waals surface area contributed by atoms with Gasteiger partial charge in [-0.15, -0.1) is 0 Å². The smallest absolute Gasteiger partial charge is 0.192 e. The van der Waals surface area contributed by atoms with E-state index in [4.69, 9.17) is 9.47 Å². The third kappa shape index (κ3) is 1.45. The average Bonchev–Trinajstić information content (AvgIpc) is 2.19. The topological polar surface area (TPSA) is 35.5 Å². The lowest BCUT2D eigenvalue weighted by Gasteiger charge is -2.30. The van der Waals surface area contributed by atoms with Crippen molar-refractivity contribution in [2.24, 2.45) is 0 Å². The zero-order valence-corrected chi connectivity index (χ0v) is 7.53. The summed E-state index contributed by atoms with van der Waals surface area (Å²) < 4.78 is 10.5. The fourth-order valence-electron chi connectivity index (χ4n) is 1.65. The van der Waals surface area contributed by atoms with Gasteiger partial charge in [0.05, 0.1) is 12.7 Å². The van der Waals surface area contributed by atoms with Crippen molar-refractivity contribution in [1.29, 1.82) is 0 Å². The summed E-state index contributed by atoms with van der Waals surface area (Å²) in [5.41, 5.74) is 0.751. The third-order valence-electron chi connectivity index (χ3n) is 2.42. The van der Waals surface area contributed by atoms with Crippen molar-refractivity contribution >= 4 is 5.78 Å². The monoisotopic (exact) mass is 180 g/mol. The van der Waals surface area contributed by atoms with Gasteiger partial charge >= 0.3 is 0 Å². The Morgan fingerprint density at radius 3 is 3.23 bits per heavy atom. The van der Waals surface area contributed by atoms with E-state index in [0.717, 1.165) is 12.0 Å². The highest BCUT2D eigenvalue weighted by Crippen LogP contribution is 2.24. The van der Waals surface area contributed by atoms with Gasteiger partial charge in [-0.3, -0.25) is 4.79 Å². The first-order valence-corrected chi connectivity index (χ1v) is 4.38. The Morgan fingerprint density at radius 1 is 1.62 bits per heavy atom. The number of carbonyl (C=O) groups excluding carboxylic acids is 1. The Balaban J connectivity index is 2.22. The molecule has 0 radical (unpaired) electrons. The molecule has 1 fully saturated rings. The molecule has 2 aliphatic rings. The van der Waals surface area contributed by atoms with Crippen molar-refractivity contribution in [3.63, 3.8) is 0 Å². The van der Waals surface area contributed by atoms with Crippen molar-refractivity contribution in [3.05, 3.63) is 23.8 Å². The number of fused-ring (bicyclic) bond motifs is 1. The number of carbonyl (C=O) groups is 1. The normalized spacial score (nSPS) is 32.7. The minimum absolute atomic E-state index is 0.0381. The molecular weight excluding hydrogens is 168 g/mol. The Kier molecular flexibility index (Phi) is 2.29. The van der Waals surface area contributed by atoms with Crippen LogP contribution in [-0.2, 0) is 14.3 Å². The first-order chi connectivity index (χ1) is 6.33. The van der Waals surface area contributed by atoms with Gasteiger partial charge in [0.15, 0.2) is 5.78 Å². The summed E-state index contributed by atoms with van der Waals surface area (Å²) in [5.74, 6) is 0.0723. The number of methoxy groups -OCH3 is 1. The molecule has 0 N–H and O–H groups in total. The molecule has 2 atom stereocenters. The van der Waals surface area contributed by atoms with Crippen molar-refractivity contribution in [1.82, 2.24) is 0 Å². The average molecular weight is 180 g/mol. The van der Waals surface area contributed by atoms with Gasteiger partial charge in [-0.25, -0.2) is 0 Å². The lowest BCUT2D eigenvalue weighted by atomic mass is 9.93. The maximum absolute atomic E-state index is 11.7. The number of hydrogen-bond donors (Lipinski definition) is 0. The van der Waals surface area contributed by atoms with E-state index in [1.54, 1.807) is 0 Å². The first-order valence-electron chi connectivity index (χ1n) is 4.38. The highest BCUT2D eigenvalue weighted by atomic mass is 16.5. The lowest BCUT2D eigenvalue weighted by molar-refractivity contribution is -0.137. The largest absolute Gasteiger partial charge is 0.371 e. The van der Waals surface area contributed by atoms with Gasteiger partial charge in [-0.05, 0) is 6.42 Å². The zero-order chi connectivity index (χ0) is 9.26. The summed E-state index contributed by atoms with van der Waals surface area (Å²) in [6.07, 6.45) is 6.08. The van der Waals surface area contributed by atoms with E-state index in [1.165, 1.54) is 7.11 Å². The molecule has 3 nitrogen and oxygen atoms in total. The zero-order valence-electron chi connectivity index (χ0n) is 7.53. The van der Waals surface area contributed by atoms with E-state index < -0.39 is 6.10 Å². The highest BCUT2D eigenvalue weighted by molar-refractivity contribution is 6.01. The van der Waals surface area contributed by atoms with Gasteiger partial charge in [0.2, 0.25) is 0 Å². The SMILES string of the molecule is COC1COC2CC=CC=C2C1=O. The number of rotatable bonds is 1. The maximum atomic E-state index is 11.7. The van der Waals surface area contributed by atoms with Crippen molar-refractivity contribution in [2.45, 2.75) is 18.6 Å². The van der Waals surface area contributed by atoms with E-state index in [-0.39, 0.29) is 11.9 Å². The van der Waals surface area contributed by atoms with Crippen LogP contribution in [0, 0.1) is 0 Å². The van der Waals surface area contributed by atoms with Gasteiger partial charge in [-0.1, -0.05) is 18.2 Å². The molecule has 0 spiro atoms. The minimum atomic E-state index is -0.408. The number of hydrogen-bond acceptors (Lipinski definition) is 3. The molecule has 1 aliphatic carbocycles. The predicted octanol–water partition coefficient (Wildman–Crippen LogP) is 0.856. The summed E-state index contributed by atoms with van der Waals surface area (Å²) in [7, 11) is 1.53. The summed E-state index contributed by atoms with van der Waals surface area (Å²) in [5, 5.41) is 0. The second kappa shape index (κ2) is 3.44. The molecule has 2 unspecified atom stereocenters. The molecule has 0 bridgehead atoms. The first kappa shape index (κ1) is 8.66. The summed E-state index contributed by atoms with van der Waals surface area (Å²) >= 11 is 0. The van der Waals surface area contributed by atoms with Gasteiger partial charge in [0.1, 0.15) is 6.10 Å². The molecule has 0 aromatic heterocycles. The molecular formula is C10H12O3. The molecule has 70 valence electrons. The van der Waals surface area contributed by atoms with Crippen LogP contribution in [0.25, 0.3) is 0 Å². The van der Waals surface area contributed by atoms with Gasteiger partial charge < -0.3 is 9.47 Å². The van der Waals surface area contributed by atoms with Crippen LogP contribution in [-0.4, -0.2) is 31.7 Å². The molecule has 1 saturated heterocycles. The van der Waals surface area contributed by atoms with E-state index >= 15 is 0 Å². The van der Waals surface area contributed by atoms with Crippen molar-refractivity contribution in [2.75, 3.05) is 13.7 Å². The standard InChI is InChI=1S/C10H12O3/c1-12-9-6-13-8-5-3-2-4-7(8)10(9)11/h2-4,8-9H,5-6H2,1H3. The second-order valence-electron chi connectivity index (χ2n) is 3.20. The van der Waals surface area contributed by atoms with E-state index in [0.29, 0.717) is 6.61 Å². The van der Waals surface area contributed by atoms with Crippen molar-refractivity contribution < 1.29 is 14.3 Å². The van der Waals surface area contributed by atoms with Crippen LogP contribution in [0.3, 0.4) is 0 Å². The quantitative estimate of drug-likeness (QED) is 0.600. The van der Waals surface area contributed by atoms with Crippen LogP contribution in [0.15, 0.2) is 23.8 Å². The Bertz CT molecular complexity index is 278. The molecule has 1 heterocycles. The molecule has 3 heteroatoms. The van der Waals surface area contributed by atoms with Crippen LogP contribution >= 0.6 is 0 Å². The second-order valence-corrected chi connectivity index (χ2v) is 3.20. The van der Waals surface area contributed by atoms with Crippen LogP contribution in [0.2, 0.25) is 0 Å². The Hall–Kier alpha value is -0.930. The number of allylic oxidation sites excluding steroid dienone is 2. The molecule has 0 saturated carbocycles. The number of Topliss-reactive ketones (excluding diaryl/α,β-unsaturated/α-hetero) is 1. The van der Waals surface area contributed by atoms with E-state index in [2.05, 4.69) is 0 Å². The molecule has 0 aromatic carbocycles. The Labute approximate surface area is 77.0 Å². The predicted molar refractivity (Wildman–Crippen MR) is 47.4 cm³/mol. The fraction of sp³-hybridized carbons (Fsp3) is 0.500. The van der Waals surface area contributed by atoms with E-state index in [9.17, 15) is 4.79 Å². The summed E-state index contributed by atoms with van der Waals surface area (Å²) in [6, 6.07) is 0. The third-order valence-corrected chi connectivity index (χ3v) is 2.42. The van der Waals surface area contributed by atoms with E-state index in [1.807, 2.05) is 18.2 Å². The molecule has 0 aromatic rings. The Morgan fingerprint density at radius 2 is 2.46 bits per heavy atom. The highest BCUT2D eigenvalue weighted by Gasteiger charge is 2.33.